The fraction of sp³-hybridized carbons (Fsp3) is 0.364. The topological polar surface area (TPSA) is 38.3 Å². The van der Waals surface area contributed by atoms with E-state index in [2.05, 4.69) is 20.7 Å². The average molecular weight is 397 g/mol. The van der Waals surface area contributed by atoms with Gasteiger partial charge in [0.2, 0.25) is 0 Å². The lowest BCUT2D eigenvalue weighted by Gasteiger charge is -2.32. The van der Waals surface area contributed by atoms with Crippen LogP contribution >= 0.6 is 28.3 Å². The Hall–Kier alpha value is -1.09. The van der Waals surface area contributed by atoms with Gasteiger partial charge in [0.15, 0.2) is 6.61 Å². The molecule has 1 aromatic rings. The summed E-state index contributed by atoms with van der Waals surface area (Å²) in [6.45, 7) is -1.18. The van der Waals surface area contributed by atoms with E-state index in [0.717, 1.165) is 12.1 Å². The Kier molecular flexibility index (Phi) is 5.09. The van der Waals surface area contributed by atoms with E-state index in [0.29, 0.717) is 6.07 Å². The van der Waals surface area contributed by atoms with Gasteiger partial charge in [-0.1, -0.05) is 15.9 Å². The molecule has 1 saturated heterocycles. The van der Waals surface area contributed by atoms with Crippen LogP contribution in [0.4, 0.5) is 26.7 Å². The van der Waals surface area contributed by atoms with Crippen molar-refractivity contribution in [2.45, 2.75) is 18.1 Å². The predicted molar refractivity (Wildman–Crippen MR) is 68.6 cm³/mol. The Balaban J connectivity index is 0.00000220. The molecule has 1 aliphatic heterocycles. The molecule has 1 aromatic carbocycles. The van der Waals surface area contributed by atoms with Gasteiger partial charge in [-0.25, -0.2) is 13.6 Å². The van der Waals surface area contributed by atoms with Gasteiger partial charge in [0.05, 0.1) is 5.56 Å². The molecule has 10 heteroatoms. The van der Waals surface area contributed by atoms with Crippen molar-refractivity contribution in [3.8, 4) is 0 Å². The number of rotatable bonds is 1. The minimum atomic E-state index is -4.68. The summed E-state index contributed by atoms with van der Waals surface area (Å²) in [5, 5.41) is 1.83. The predicted octanol–water partition coefficient (Wildman–Crippen LogP) is 4.31. The van der Waals surface area contributed by atoms with Crippen LogP contribution in [0.15, 0.2) is 22.7 Å². The molecule has 0 aromatic heterocycles. The van der Waals surface area contributed by atoms with Gasteiger partial charge in [0, 0.05) is 4.47 Å². The summed E-state index contributed by atoms with van der Waals surface area (Å²) in [6.07, 6.45) is -5.78. The highest BCUT2D eigenvalue weighted by atomic mass is 79.9. The third kappa shape index (κ3) is 3.97. The van der Waals surface area contributed by atoms with Crippen LogP contribution < -0.4 is 5.32 Å². The molecular formula is C11H8BrClF5NO2. The molecule has 3 nitrogen and oxygen atoms in total. The lowest BCUT2D eigenvalue weighted by molar-refractivity contribution is -0.138. The molecule has 118 valence electrons. The molecule has 1 heterocycles. The molecule has 0 unspecified atom stereocenters. The summed E-state index contributed by atoms with van der Waals surface area (Å²) < 4.78 is 69.4. The number of hydrogen-bond acceptors (Lipinski definition) is 2. The zero-order chi connectivity index (χ0) is 15.1. The van der Waals surface area contributed by atoms with Crippen molar-refractivity contribution in [3.63, 3.8) is 0 Å². The van der Waals surface area contributed by atoms with E-state index < -0.39 is 36.4 Å². The third-order valence-electron chi connectivity index (χ3n) is 2.66. The second kappa shape index (κ2) is 5.96. The Labute approximate surface area is 130 Å². The lowest BCUT2D eigenvalue weighted by atomic mass is 9.98. The average Bonchev–Trinajstić information content (AvgIpc) is 2.30. The highest BCUT2D eigenvalue weighted by Crippen LogP contribution is 2.38. The molecule has 1 atom stereocenters. The number of carbonyl (C=O) groups excluding carboxylic acids is 1. The largest absolute Gasteiger partial charge is 0.443 e. The SMILES string of the molecule is Cl.O=C1N[C@H](c2cc(Br)cc(C(F)(F)F)c2)C(F)(F)CO1. The van der Waals surface area contributed by atoms with Crippen molar-refractivity contribution in [1.82, 2.24) is 5.32 Å². The quantitative estimate of drug-likeness (QED) is 0.719. The normalized spacial score (nSPS) is 21.0. The van der Waals surface area contributed by atoms with Crippen LogP contribution in [0.1, 0.15) is 17.2 Å². The molecule has 0 spiro atoms. The lowest BCUT2D eigenvalue weighted by Crippen LogP contribution is -2.49. The van der Waals surface area contributed by atoms with Crippen LogP contribution in [0, 0.1) is 0 Å². The first-order valence-corrected chi connectivity index (χ1v) is 6.08. The van der Waals surface area contributed by atoms with E-state index in [9.17, 15) is 26.7 Å². The van der Waals surface area contributed by atoms with Gasteiger partial charge in [-0.05, 0) is 23.8 Å². The first-order valence-electron chi connectivity index (χ1n) is 5.28. The molecule has 0 saturated carbocycles. The van der Waals surface area contributed by atoms with E-state index in [1.54, 1.807) is 0 Å². The van der Waals surface area contributed by atoms with E-state index in [4.69, 9.17) is 0 Å². The van der Waals surface area contributed by atoms with Crippen LogP contribution in [0.25, 0.3) is 0 Å². The van der Waals surface area contributed by atoms with Gasteiger partial charge < -0.3 is 10.1 Å². The summed E-state index contributed by atoms with van der Waals surface area (Å²) in [6, 6.07) is 0.569. The maximum absolute atomic E-state index is 13.7. The van der Waals surface area contributed by atoms with Crippen LogP contribution in [0.3, 0.4) is 0 Å². The molecule has 0 aliphatic carbocycles. The summed E-state index contributed by atoms with van der Waals surface area (Å²) in [5.74, 6) is -3.50. The highest BCUT2D eigenvalue weighted by Gasteiger charge is 2.47. The number of cyclic esters (lactones) is 1. The van der Waals surface area contributed by atoms with Crippen molar-refractivity contribution in [3.05, 3.63) is 33.8 Å². The summed E-state index contributed by atoms with van der Waals surface area (Å²) in [5.41, 5.74) is -1.44. The van der Waals surface area contributed by atoms with E-state index >= 15 is 0 Å². The monoisotopic (exact) mass is 395 g/mol. The highest BCUT2D eigenvalue weighted by molar-refractivity contribution is 9.10. The van der Waals surface area contributed by atoms with E-state index in [1.807, 2.05) is 5.32 Å². The van der Waals surface area contributed by atoms with Crippen molar-refractivity contribution in [2.75, 3.05) is 6.61 Å². The van der Waals surface area contributed by atoms with E-state index in [-0.39, 0.29) is 22.4 Å². The number of amides is 1. The van der Waals surface area contributed by atoms with Gasteiger partial charge in [0.1, 0.15) is 6.04 Å². The number of nitrogens with one attached hydrogen (secondary N) is 1. The standard InChI is InChI=1S/C11H7BrF5NO2.ClH/c12-7-2-5(1-6(3-7)11(15,16)17)8-10(13,14)4-20-9(19)18-8;/h1-3,8H,4H2,(H,18,19);1H/t8-;/m1./s1. The van der Waals surface area contributed by atoms with Crippen molar-refractivity contribution < 1.29 is 31.5 Å². The Morgan fingerprint density at radius 2 is 1.90 bits per heavy atom. The maximum atomic E-state index is 13.7. The second-order valence-corrected chi connectivity index (χ2v) is 5.10. The van der Waals surface area contributed by atoms with Gasteiger partial charge in [0.25, 0.3) is 0 Å². The number of benzene rings is 1. The molecule has 1 fully saturated rings. The molecule has 1 aliphatic rings. The zero-order valence-corrected chi connectivity index (χ0v) is 12.4. The van der Waals surface area contributed by atoms with Crippen LogP contribution in [0.5, 0.6) is 0 Å². The smallest absolute Gasteiger partial charge is 0.416 e. The zero-order valence-electron chi connectivity index (χ0n) is 10.0. The van der Waals surface area contributed by atoms with Gasteiger partial charge >= 0.3 is 18.2 Å². The number of alkyl carbamates (subject to hydrolysis) is 1. The molecular weight excluding hydrogens is 388 g/mol. The number of ether oxygens (including phenoxy) is 1. The van der Waals surface area contributed by atoms with Gasteiger partial charge in [-0.3, -0.25) is 0 Å². The summed E-state index contributed by atoms with van der Waals surface area (Å²) in [4.78, 5) is 11.0. The second-order valence-electron chi connectivity index (χ2n) is 4.19. The fourth-order valence-corrected chi connectivity index (χ4v) is 2.29. The number of alkyl halides is 5. The number of halogens is 7. The number of carbonyl (C=O) groups is 1. The molecule has 21 heavy (non-hydrogen) atoms. The van der Waals surface area contributed by atoms with Crippen LogP contribution in [0.2, 0.25) is 0 Å². The molecule has 2 rings (SSSR count). The minimum Gasteiger partial charge on any atom is -0.443 e. The fourth-order valence-electron chi connectivity index (χ4n) is 1.78. The third-order valence-corrected chi connectivity index (χ3v) is 3.12. The molecule has 0 radical (unpaired) electrons. The Bertz CT molecular complexity index is 552. The van der Waals surface area contributed by atoms with E-state index in [1.165, 1.54) is 0 Å². The first-order chi connectivity index (χ1) is 9.09. The van der Waals surface area contributed by atoms with Crippen LogP contribution in [-0.2, 0) is 10.9 Å². The Morgan fingerprint density at radius 3 is 2.48 bits per heavy atom. The van der Waals surface area contributed by atoms with Crippen molar-refractivity contribution in [2.24, 2.45) is 0 Å². The van der Waals surface area contributed by atoms with Gasteiger partial charge in [-0.15, -0.1) is 12.4 Å². The van der Waals surface area contributed by atoms with Crippen LogP contribution in [-0.4, -0.2) is 18.6 Å². The summed E-state index contributed by atoms with van der Waals surface area (Å²) >= 11 is 2.84. The minimum absolute atomic E-state index is 0. The maximum Gasteiger partial charge on any atom is 0.416 e. The summed E-state index contributed by atoms with van der Waals surface area (Å²) in [7, 11) is 0. The molecule has 0 bridgehead atoms. The molecule has 1 amide bonds. The Morgan fingerprint density at radius 1 is 1.29 bits per heavy atom. The number of hydrogen-bond donors (Lipinski definition) is 1. The van der Waals surface area contributed by atoms with Crippen molar-refractivity contribution >= 4 is 34.4 Å². The van der Waals surface area contributed by atoms with Gasteiger partial charge in [-0.2, -0.15) is 13.2 Å². The van der Waals surface area contributed by atoms with Crippen molar-refractivity contribution in [1.29, 1.82) is 0 Å². The molecule has 1 N–H and O–H groups in total. The first kappa shape index (κ1) is 18.0.